The Balaban J connectivity index is 2.52. The molecule has 0 aromatic rings. The molecule has 90 valence electrons. The maximum Gasteiger partial charge on any atom is 0.217 e. The van der Waals surface area contributed by atoms with Crippen LogP contribution < -0.4 is 5.32 Å². The summed E-state index contributed by atoms with van der Waals surface area (Å²) >= 11 is 0. The molecular formula is C11H19N3O2. The first-order chi connectivity index (χ1) is 7.65. The topological polar surface area (TPSA) is 76.4 Å². The van der Waals surface area contributed by atoms with E-state index < -0.39 is 0 Å². The van der Waals surface area contributed by atoms with E-state index in [2.05, 4.69) is 11.4 Å². The first-order valence-electron chi connectivity index (χ1n) is 5.63. The van der Waals surface area contributed by atoms with Crippen LogP contribution in [0.1, 0.15) is 19.8 Å². The summed E-state index contributed by atoms with van der Waals surface area (Å²) in [4.78, 5) is 13.0. The van der Waals surface area contributed by atoms with Crippen molar-refractivity contribution in [3.05, 3.63) is 0 Å². The van der Waals surface area contributed by atoms with Crippen molar-refractivity contribution in [3.8, 4) is 6.07 Å². The third kappa shape index (κ3) is 4.17. The van der Waals surface area contributed by atoms with Gasteiger partial charge in [-0.2, -0.15) is 5.26 Å². The number of amides is 1. The number of likely N-dealkylation sites (tertiary alicyclic amines) is 1. The minimum absolute atomic E-state index is 0.0356. The lowest BCUT2D eigenvalue weighted by Gasteiger charge is -2.36. The summed E-state index contributed by atoms with van der Waals surface area (Å²) < 4.78 is 0. The van der Waals surface area contributed by atoms with E-state index in [1.165, 1.54) is 6.92 Å². The smallest absolute Gasteiger partial charge is 0.217 e. The Labute approximate surface area is 96.0 Å². The first-order valence-corrected chi connectivity index (χ1v) is 5.63. The lowest BCUT2D eigenvalue weighted by atomic mass is 9.91. The number of rotatable bonds is 4. The lowest BCUT2D eigenvalue weighted by Crippen LogP contribution is -2.50. The number of hydrogen-bond acceptors (Lipinski definition) is 4. The predicted octanol–water partition coefficient (Wildman–Crippen LogP) is -0.281. The van der Waals surface area contributed by atoms with E-state index in [1.807, 2.05) is 4.90 Å². The second kappa shape index (κ2) is 6.46. The Morgan fingerprint density at radius 2 is 2.38 bits per heavy atom. The predicted molar refractivity (Wildman–Crippen MR) is 59.5 cm³/mol. The van der Waals surface area contributed by atoms with Crippen LogP contribution in [-0.2, 0) is 4.79 Å². The van der Waals surface area contributed by atoms with E-state index in [4.69, 9.17) is 10.4 Å². The zero-order valence-corrected chi connectivity index (χ0v) is 9.65. The van der Waals surface area contributed by atoms with Gasteiger partial charge in [0.15, 0.2) is 0 Å². The van der Waals surface area contributed by atoms with E-state index in [-0.39, 0.29) is 18.6 Å². The molecular weight excluding hydrogens is 206 g/mol. The molecule has 1 rings (SSSR count). The largest absolute Gasteiger partial charge is 0.396 e. The Morgan fingerprint density at radius 1 is 1.62 bits per heavy atom. The van der Waals surface area contributed by atoms with Crippen LogP contribution in [0.4, 0.5) is 0 Å². The average molecular weight is 225 g/mol. The van der Waals surface area contributed by atoms with Gasteiger partial charge in [0.2, 0.25) is 5.91 Å². The fourth-order valence-corrected chi connectivity index (χ4v) is 2.32. The van der Waals surface area contributed by atoms with E-state index in [0.717, 1.165) is 25.9 Å². The SMILES string of the molecule is CC(=O)NC1CC(CCO)CN(CC#N)C1. The van der Waals surface area contributed by atoms with Crippen LogP contribution in [0, 0.1) is 17.2 Å². The van der Waals surface area contributed by atoms with Gasteiger partial charge in [-0.3, -0.25) is 9.69 Å². The summed E-state index contributed by atoms with van der Waals surface area (Å²) in [7, 11) is 0. The fourth-order valence-electron chi connectivity index (χ4n) is 2.32. The molecule has 1 amide bonds. The molecule has 1 heterocycles. The van der Waals surface area contributed by atoms with Crippen molar-refractivity contribution in [3.63, 3.8) is 0 Å². The van der Waals surface area contributed by atoms with Gasteiger partial charge in [-0.1, -0.05) is 0 Å². The van der Waals surface area contributed by atoms with Crippen molar-refractivity contribution in [2.45, 2.75) is 25.8 Å². The van der Waals surface area contributed by atoms with Gasteiger partial charge < -0.3 is 10.4 Å². The van der Waals surface area contributed by atoms with Crippen LogP contribution in [-0.4, -0.2) is 48.2 Å². The molecule has 2 N–H and O–H groups in total. The van der Waals surface area contributed by atoms with Crippen LogP contribution in [0.15, 0.2) is 0 Å². The summed E-state index contributed by atoms with van der Waals surface area (Å²) in [5.74, 6) is 0.329. The van der Waals surface area contributed by atoms with Crippen LogP contribution in [0.25, 0.3) is 0 Å². The van der Waals surface area contributed by atoms with Gasteiger partial charge in [-0.15, -0.1) is 0 Å². The molecule has 1 fully saturated rings. The van der Waals surface area contributed by atoms with Gasteiger partial charge >= 0.3 is 0 Å². The molecule has 0 aromatic heterocycles. The van der Waals surface area contributed by atoms with E-state index in [0.29, 0.717) is 12.5 Å². The van der Waals surface area contributed by atoms with Crippen LogP contribution in [0.3, 0.4) is 0 Å². The number of nitriles is 1. The van der Waals surface area contributed by atoms with Gasteiger partial charge in [0.25, 0.3) is 0 Å². The molecule has 5 heteroatoms. The van der Waals surface area contributed by atoms with Gasteiger partial charge in [-0.25, -0.2) is 0 Å². The highest BCUT2D eigenvalue weighted by Gasteiger charge is 2.26. The molecule has 0 spiro atoms. The number of nitrogens with zero attached hydrogens (tertiary/aromatic N) is 2. The van der Waals surface area contributed by atoms with Gasteiger partial charge in [0.05, 0.1) is 12.6 Å². The number of aliphatic hydroxyl groups excluding tert-OH is 1. The zero-order chi connectivity index (χ0) is 12.0. The highest BCUT2D eigenvalue weighted by atomic mass is 16.3. The second-order valence-corrected chi connectivity index (χ2v) is 4.36. The molecule has 0 radical (unpaired) electrons. The molecule has 0 saturated carbocycles. The number of aliphatic hydroxyl groups is 1. The highest BCUT2D eigenvalue weighted by Crippen LogP contribution is 2.19. The fraction of sp³-hybridized carbons (Fsp3) is 0.818. The Hall–Kier alpha value is -1.12. The number of hydrogen-bond donors (Lipinski definition) is 2. The Morgan fingerprint density at radius 3 is 2.94 bits per heavy atom. The van der Waals surface area contributed by atoms with E-state index in [9.17, 15) is 4.79 Å². The summed E-state index contributed by atoms with van der Waals surface area (Å²) in [6.07, 6.45) is 1.63. The minimum Gasteiger partial charge on any atom is -0.396 e. The van der Waals surface area contributed by atoms with Crippen molar-refractivity contribution in [2.75, 3.05) is 26.2 Å². The summed E-state index contributed by atoms with van der Waals surface area (Å²) in [6.45, 7) is 3.62. The molecule has 2 unspecified atom stereocenters. The number of nitrogens with one attached hydrogen (secondary N) is 1. The zero-order valence-electron chi connectivity index (χ0n) is 9.65. The third-order valence-corrected chi connectivity index (χ3v) is 2.85. The van der Waals surface area contributed by atoms with Crippen LogP contribution in [0.2, 0.25) is 0 Å². The molecule has 16 heavy (non-hydrogen) atoms. The van der Waals surface area contributed by atoms with Crippen molar-refractivity contribution in [1.29, 1.82) is 5.26 Å². The highest BCUT2D eigenvalue weighted by molar-refractivity contribution is 5.73. The minimum atomic E-state index is -0.0356. The standard InChI is InChI=1S/C11H19N3O2/c1-9(16)13-11-6-10(2-5-15)7-14(8-11)4-3-12/h10-11,15H,2,4-8H2,1H3,(H,13,16). The van der Waals surface area contributed by atoms with Gasteiger partial charge in [-0.05, 0) is 18.8 Å². The molecule has 1 saturated heterocycles. The number of carbonyl (C=O) groups excluding carboxylic acids is 1. The monoisotopic (exact) mass is 225 g/mol. The molecule has 1 aliphatic rings. The van der Waals surface area contributed by atoms with Crippen molar-refractivity contribution in [1.82, 2.24) is 10.2 Å². The van der Waals surface area contributed by atoms with Crippen LogP contribution in [0.5, 0.6) is 0 Å². The second-order valence-electron chi connectivity index (χ2n) is 4.36. The van der Waals surface area contributed by atoms with E-state index in [1.54, 1.807) is 0 Å². The molecule has 2 atom stereocenters. The number of carbonyl (C=O) groups is 1. The molecule has 0 bridgehead atoms. The van der Waals surface area contributed by atoms with Crippen molar-refractivity contribution < 1.29 is 9.90 Å². The van der Waals surface area contributed by atoms with E-state index >= 15 is 0 Å². The van der Waals surface area contributed by atoms with Gasteiger partial charge in [0.1, 0.15) is 0 Å². The summed E-state index contributed by atoms with van der Waals surface area (Å²) in [5.41, 5.74) is 0. The van der Waals surface area contributed by atoms with Crippen molar-refractivity contribution in [2.24, 2.45) is 5.92 Å². The Kier molecular flexibility index (Phi) is 5.23. The van der Waals surface area contributed by atoms with Crippen LogP contribution >= 0.6 is 0 Å². The average Bonchev–Trinajstić information content (AvgIpc) is 2.17. The lowest BCUT2D eigenvalue weighted by molar-refractivity contribution is -0.120. The maximum absolute atomic E-state index is 11.0. The Bertz CT molecular complexity index is 275. The quantitative estimate of drug-likeness (QED) is 0.645. The summed E-state index contributed by atoms with van der Waals surface area (Å²) in [6, 6.07) is 2.23. The molecule has 5 nitrogen and oxygen atoms in total. The first kappa shape index (κ1) is 12.9. The normalized spacial score (nSPS) is 26.1. The number of piperidine rings is 1. The summed E-state index contributed by atoms with van der Waals surface area (Å²) in [5, 5.41) is 20.5. The molecule has 0 aliphatic carbocycles. The van der Waals surface area contributed by atoms with Gasteiger partial charge in [0, 0.05) is 32.7 Å². The molecule has 0 aromatic carbocycles. The maximum atomic E-state index is 11.0. The third-order valence-electron chi connectivity index (χ3n) is 2.85. The molecule has 1 aliphatic heterocycles. The van der Waals surface area contributed by atoms with Crippen molar-refractivity contribution >= 4 is 5.91 Å².